The highest BCUT2D eigenvalue weighted by atomic mass is 32.1. The number of anilines is 6. The van der Waals surface area contributed by atoms with Gasteiger partial charge >= 0.3 is 0 Å². The monoisotopic (exact) mass is 854 g/mol. The molecule has 0 radical (unpaired) electrons. The largest absolute Gasteiger partial charge is 0.453 e. The van der Waals surface area contributed by atoms with Crippen LogP contribution in [0.5, 0.6) is 23.0 Å². The van der Waals surface area contributed by atoms with Gasteiger partial charge in [0.05, 0.1) is 33.6 Å². The van der Waals surface area contributed by atoms with Crippen molar-refractivity contribution in [1.29, 1.82) is 0 Å². The molecular formula is C58H34N2O2S2. The second kappa shape index (κ2) is 12.5. The first-order chi connectivity index (χ1) is 31.7. The van der Waals surface area contributed by atoms with Gasteiger partial charge in [-0.2, -0.15) is 0 Å². The number of rotatable bonds is 2. The molecule has 0 unspecified atom stereocenters. The molecule has 0 atom stereocenters. The van der Waals surface area contributed by atoms with Crippen LogP contribution in [-0.4, -0.2) is 0 Å². The molecule has 10 aromatic rings. The summed E-state index contributed by atoms with van der Waals surface area (Å²) in [6.45, 7) is 0. The number of hydrogen-bond donors (Lipinski definition) is 0. The van der Waals surface area contributed by atoms with Gasteiger partial charge in [0, 0.05) is 9.75 Å². The average molecular weight is 855 g/mol. The Morgan fingerprint density at radius 1 is 0.297 bits per heavy atom. The molecule has 15 rings (SSSR count). The maximum Gasteiger partial charge on any atom is 0.151 e. The zero-order valence-electron chi connectivity index (χ0n) is 34.2. The van der Waals surface area contributed by atoms with Crippen molar-refractivity contribution in [2.75, 3.05) is 9.80 Å². The van der Waals surface area contributed by atoms with Crippen molar-refractivity contribution in [3.8, 4) is 45.3 Å². The maximum absolute atomic E-state index is 6.61. The van der Waals surface area contributed by atoms with Crippen LogP contribution in [0.15, 0.2) is 206 Å². The van der Waals surface area contributed by atoms with Gasteiger partial charge < -0.3 is 9.47 Å². The van der Waals surface area contributed by atoms with Gasteiger partial charge in [0.25, 0.3) is 0 Å². The van der Waals surface area contributed by atoms with E-state index in [4.69, 9.17) is 9.47 Å². The second-order valence-corrected chi connectivity index (χ2v) is 19.1. The Balaban J connectivity index is 1.12. The highest BCUT2D eigenvalue weighted by Crippen LogP contribution is 2.72. The normalized spacial score (nSPS) is 15.3. The van der Waals surface area contributed by atoms with E-state index in [1.165, 1.54) is 65.4 Å². The number of hydrogen-bond acceptors (Lipinski definition) is 6. The summed E-state index contributed by atoms with van der Waals surface area (Å²) in [7, 11) is 0. The number of nitrogens with zero attached hydrogens (tertiary/aromatic N) is 2. The molecule has 0 N–H and O–H groups in total. The van der Waals surface area contributed by atoms with Crippen LogP contribution in [0.4, 0.5) is 32.8 Å². The first kappa shape index (κ1) is 34.9. The van der Waals surface area contributed by atoms with E-state index in [2.05, 4.69) is 216 Å². The molecule has 3 aliphatic carbocycles. The Bertz CT molecular complexity index is 3170. The van der Waals surface area contributed by atoms with Crippen LogP contribution in [0.3, 0.4) is 0 Å². The molecule has 0 saturated carbocycles. The van der Waals surface area contributed by atoms with Gasteiger partial charge in [0.2, 0.25) is 0 Å². The molecule has 300 valence electrons. The van der Waals surface area contributed by atoms with E-state index in [1.54, 1.807) is 0 Å². The van der Waals surface area contributed by atoms with Crippen LogP contribution in [0.25, 0.3) is 22.3 Å². The molecule has 64 heavy (non-hydrogen) atoms. The minimum Gasteiger partial charge on any atom is -0.453 e. The van der Waals surface area contributed by atoms with E-state index < -0.39 is 10.8 Å². The maximum atomic E-state index is 6.61. The minimum absolute atomic E-state index is 0.635. The van der Waals surface area contributed by atoms with Crippen LogP contribution in [-0.2, 0) is 10.8 Å². The SMILES string of the molecule is c1ccc2c(c1)Oc1ccccc1N2c1cc2c(s1)C1(c3ccccc3-c3ccccc31)c1cc(N3c4ccccc4Oc4ccccc43)sc1C21c2ccccc2-c2ccccc21. The third kappa shape index (κ3) is 4.18. The quantitative estimate of drug-likeness (QED) is 0.173. The molecule has 4 nitrogen and oxygen atoms in total. The predicted octanol–water partition coefficient (Wildman–Crippen LogP) is 16.0. The molecule has 8 aromatic carbocycles. The van der Waals surface area contributed by atoms with Gasteiger partial charge in [-0.05, 0) is 116 Å². The summed E-state index contributed by atoms with van der Waals surface area (Å²) in [6, 6.07) is 75.6. The second-order valence-electron chi connectivity index (χ2n) is 17.1. The third-order valence-electron chi connectivity index (χ3n) is 14.1. The summed E-state index contributed by atoms with van der Waals surface area (Å²) in [4.78, 5) is 7.57. The lowest BCUT2D eigenvalue weighted by molar-refractivity contribution is 0.477. The molecule has 0 saturated heterocycles. The zero-order valence-corrected chi connectivity index (χ0v) is 35.8. The van der Waals surface area contributed by atoms with Crippen molar-refractivity contribution in [2.45, 2.75) is 10.8 Å². The van der Waals surface area contributed by atoms with Crippen molar-refractivity contribution in [1.82, 2.24) is 0 Å². The number of thiophene rings is 2. The van der Waals surface area contributed by atoms with Crippen molar-refractivity contribution in [3.05, 3.63) is 249 Å². The van der Waals surface area contributed by atoms with Crippen molar-refractivity contribution in [3.63, 3.8) is 0 Å². The van der Waals surface area contributed by atoms with Gasteiger partial charge in [-0.25, -0.2) is 0 Å². The first-order valence-corrected chi connectivity index (χ1v) is 23.4. The van der Waals surface area contributed by atoms with Gasteiger partial charge in [-0.1, -0.05) is 146 Å². The van der Waals surface area contributed by atoms with Crippen LogP contribution in [0, 0.1) is 0 Å². The molecule has 6 heteroatoms. The van der Waals surface area contributed by atoms with Gasteiger partial charge in [-0.3, -0.25) is 9.80 Å². The predicted molar refractivity (Wildman–Crippen MR) is 260 cm³/mol. The van der Waals surface area contributed by atoms with Crippen LogP contribution in [0.1, 0.15) is 43.1 Å². The Morgan fingerprint density at radius 2 is 0.562 bits per heavy atom. The highest BCUT2D eigenvalue weighted by molar-refractivity contribution is 7.18. The Kier molecular flexibility index (Phi) is 6.82. The summed E-state index contributed by atoms with van der Waals surface area (Å²) >= 11 is 3.86. The van der Waals surface area contributed by atoms with Crippen molar-refractivity contribution >= 4 is 55.4 Å². The molecule has 0 fully saturated rings. The lowest BCUT2D eigenvalue weighted by atomic mass is 9.58. The lowest BCUT2D eigenvalue weighted by Gasteiger charge is -2.45. The molecular weight excluding hydrogens is 821 g/mol. The van der Waals surface area contributed by atoms with Gasteiger partial charge in [0.1, 0.15) is 10.0 Å². The zero-order chi connectivity index (χ0) is 41.7. The molecule has 2 aliphatic heterocycles. The number of ether oxygens (including phenoxy) is 2. The van der Waals surface area contributed by atoms with Crippen LogP contribution < -0.4 is 19.3 Å². The molecule has 2 aromatic heterocycles. The average Bonchev–Trinajstić information content (AvgIpc) is 4.13. The lowest BCUT2D eigenvalue weighted by Crippen LogP contribution is -2.41. The highest BCUT2D eigenvalue weighted by Gasteiger charge is 2.61. The van der Waals surface area contributed by atoms with Gasteiger partial charge in [-0.15, -0.1) is 22.7 Å². The van der Waals surface area contributed by atoms with E-state index in [0.717, 1.165) is 55.7 Å². The Morgan fingerprint density at radius 3 is 0.875 bits per heavy atom. The summed E-state index contributed by atoms with van der Waals surface area (Å²) in [6.07, 6.45) is 0. The van der Waals surface area contributed by atoms with E-state index in [0.29, 0.717) is 0 Å². The summed E-state index contributed by atoms with van der Waals surface area (Å²) < 4.78 is 13.2. The fraction of sp³-hybridized carbons (Fsp3) is 0.0345. The standard InChI is InChI=1S/C58H34N2O2S2/c1-5-21-39-35(17-1)36-18-2-6-22-40(36)57(39)43-33-53(59-45-25-9-13-29-49(45)61-50-30-14-10-26-46(50)59)64-56(43)58(41-23-7-3-19-37(41)38-20-4-8-24-42(38)58)44-34-54(63-55(44)57)60-47-27-11-15-31-51(47)62-52-32-16-12-28-48(52)60/h1-34H. The Hall–Kier alpha value is -7.64. The van der Waals surface area contributed by atoms with E-state index in [1.807, 2.05) is 22.7 Å². The molecule has 0 bridgehead atoms. The summed E-state index contributed by atoms with van der Waals surface area (Å²) in [5.41, 5.74) is 15.9. The smallest absolute Gasteiger partial charge is 0.151 e. The number of para-hydroxylation sites is 8. The van der Waals surface area contributed by atoms with Crippen LogP contribution in [0.2, 0.25) is 0 Å². The minimum atomic E-state index is -0.635. The summed E-state index contributed by atoms with van der Waals surface area (Å²) in [5, 5.41) is 2.31. The van der Waals surface area contributed by atoms with Crippen molar-refractivity contribution in [2.24, 2.45) is 0 Å². The first-order valence-electron chi connectivity index (χ1n) is 21.7. The number of fused-ring (bicyclic) bond motifs is 20. The topological polar surface area (TPSA) is 24.9 Å². The fourth-order valence-electron chi connectivity index (χ4n) is 11.8. The van der Waals surface area contributed by atoms with E-state index in [9.17, 15) is 0 Å². The molecule has 0 amide bonds. The fourth-order valence-corrected chi connectivity index (χ4v) is 14.7. The van der Waals surface area contributed by atoms with E-state index >= 15 is 0 Å². The summed E-state index contributed by atoms with van der Waals surface area (Å²) in [5.74, 6) is 3.39. The molecule has 4 heterocycles. The molecule has 5 aliphatic rings. The number of benzene rings is 8. The van der Waals surface area contributed by atoms with Gasteiger partial charge in [0.15, 0.2) is 23.0 Å². The third-order valence-corrected chi connectivity index (χ3v) is 16.6. The molecule has 2 spiro atoms. The van der Waals surface area contributed by atoms with E-state index in [-0.39, 0.29) is 0 Å². The van der Waals surface area contributed by atoms with Crippen LogP contribution >= 0.6 is 22.7 Å². The van der Waals surface area contributed by atoms with Crippen molar-refractivity contribution < 1.29 is 9.47 Å². The Labute approximate surface area is 378 Å².